The predicted molar refractivity (Wildman–Crippen MR) is 157 cm³/mol. The van der Waals surface area contributed by atoms with Crippen molar-refractivity contribution in [1.29, 1.82) is 5.26 Å². The lowest BCUT2D eigenvalue weighted by Gasteiger charge is -2.33. The summed E-state index contributed by atoms with van der Waals surface area (Å²) in [5, 5.41) is 15.4. The van der Waals surface area contributed by atoms with Gasteiger partial charge in [0.25, 0.3) is 0 Å². The molecule has 5 rings (SSSR count). The van der Waals surface area contributed by atoms with Crippen molar-refractivity contribution in [2.45, 2.75) is 65.4 Å². The molecule has 4 heterocycles. The Labute approximate surface area is 239 Å². The minimum absolute atomic E-state index is 0.141. The number of rotatable bonds is 7. The smallest absolute Gasteiger partial charge is 0.191 e. The molecular weight excluding hydrogens is 525 g/mol. The van der Waals surface area contributed by atoms with Crippen LogP contribution in [0.5, 0.6) is 0 Å². The number of fused-ring (bicyclic) bond motifs is 1. The number of benzene rings is 1. The van der Waals surface area contributed by atoms with Crippen LogP contribution in [0.15, 0.2) is 30.3 Å². The molecule has 0 amide bonds. The van der Waals surface area contributed by atoms with Crippen molar-refractivity contribution in [1.82, 2.24) is 24.5 Å². The zero-order valence-electron chi connectivity index (χ0n) is 24.0. The van der Waals surface area contributed by atoms with E-state index in [1.807, 2.05) is 23.4 Å². The average Bonchev–Trinajstić information content (AvgIpc) is 3.51. The molecule has 0 N–H and O–H groups in total. The van der Waals surface area contributed by atoms with Crippen molar-refractivity contribution in [3.05, 3.63) is 58.0 Å². The van der Waals surface area contributed by atoms with E-state index in [2.05, 4.69) is 50.8 Å². The maximum absolute atomic E-state index is 13.8. The van der Waals surface area contributed by atoms with Crippen molar-refractivity contribution in [3.63, 3.8) is 0 Å². The quantitative estimate of drug-likeness (QED) is 0.256. The number of nitrogens with zero attached hydrogens (tertiary/aromatic N) is 7. The highest BCUT2D eigenvalue weighted by molar-refractivity contribution is 7.16. The van der Waals surface area contributed by atoms with Gasteiger partial charge in [0.05, 0.1) is 41.0 Å². The molecule has 0 unspecified atom stereocenters. The summed E-state index contributed by atoms with van der Waals surface area (Å²) in [6.45, 7) is 12.9. The molecule has 1 fully saturated rings. The number of aryl methyl sites for hydroxylation is 2. The van der Waals surface area contributed by atoms with Crippen LogP contribution in [0.2, 0.25) is 0 Å². The lowest BCUT2D eigenvalue weighted by atomic mass is 9.93. The van der Waals surface area contributed by atoms with Crippen molar-refractivity contribution < 1.29 is 9.13 Å². The van der Waals surface area contributed by atoms with E-state index in [1.54, 1.807) is 6.07 Å². The van der Waals surface area contributed by atoms with E-state index >= 15 is 0 Å². The molecule has 0 radical (unpaired) electrons. The van der Waals surface area contributed by atoms with E-state index in [0.717, 1.165) is 65.2 Å². The number of piperidine rings is 1. The molecule has 0 spiro atoms. The molecule has 210 valence electrons. The van der Waals surface area contributed by atoms with E-state index in [9.17, 15) is 9.65 Å². The number of halogens is 1. The third kappa shape index (κ3) is 5.73. The molecule has 0 saturated carbocycles. The summed E-state index contributed by atoms with van der Waals surface area (Å²) < 4.78 is 21.7. The van der Waals surface area contributed by atoms with Crippen molar-refractivity contribution in [2.24, 2.45) is 0 Å². The fourth-order valence-electron chi connectivity index (χ4n) is 5.10. The van der Waals surface area contributed by atoms with Gasteiger partial charge in [-0.3, -0.25) is 4.90 Å². The predicted octanol–water partition coefficient (Wildman–Crippen LogP) is 6.45. The van der Waals surface area contributed by atoms with Crippen LogP contribution in [0, 0.1) is 24.1 Å². The van der Waals surface area contributed by atoms with Gasteiger partial charge in [-0.25, -0.2) is 14.4 Å². The van der Waals surface area contributed by atoms with E-state index < -0.39 is 5.82 Å². The molecule has 1 aliphatic heterocycles. The largest absolute Gasteiger partial charge is 0.360 e. The summed E-state index contributed by atoms with van der Waals surface area (Å²) >= 11 is 1.53. The molecule has 40 heavy (non-hydrogen) atoms. The SMILES string of the molecule is CCc1nc2ccc(C3CCN(COC(C)(C)C)CC3)nn2c1N(C)c1nc(-c2ccc(F)cc2C#N)c(C)s1. The Balaban J connectivity index is 1.43. The molecule has 8 nitrogen and oxygen atoms in total. The standard InChI is InChI=1S/C30H36FN7OS/c1-7-24-28(36(6)29-34-27(19(2)40-29)23-9-8-22(31)16-21(23)17-32)38-26(33-24)11-10-25(35-38)20-12-14-37(15-13-20)18-39-30(3,4)5/h8-11,16,20H,7,12-15,18H2,1-6H3. The number of ether oxygens (including phenoxy) is 1. The highest BCUT2D eigenvalue weighted by Crippen LogP contribution is 2.38. The molecule has 0 bridgehead atoms. The minimum Gasteiger partial charge on any atom is -0.360 e. The molecule has 10 heteroatoms. The molecular formula is C30H36FN7OS. The lowest BCUT2D eigenvalue weighted by molar-refractivity contribution is -0.0690. The lowest BCUT2D eigenvalue weighted by Crippen LogP contribution is -2.37. The Kier molecular flexibility index (Phi) is 7.91. The van der Waals surface area contributed by atoms with Gasteiger partial charge in [-0.1, -0.05) is 6.92 Å². The van der Waals surface area contributed by atoms with Gasteiger partial charge in [-0.05, 0) is 77.3 Å². The first-order valence-corrected chi connectivity index (χ1v) is 14.6. The zero-order chi connectivity index (χ0) is 28.6. The summed E-state index contributed by atoms with van der Waals surface area (Å²) in [6, 6.07) is 10.5. The van der Waals surface area contributed by atoms with Crippen LogP contribution in [-0.2, 0) is 11.2 Å². The van der Waals surface area contributed by atoms with Crippen molar-refractivity contribution in [3.8, 4) is 17.3 Å². The number of thiazole rings is 1. The average molecular weight is 562 g/mol. The highest BCUT2D eigenvalue weighted by Gasteiger charge is 2.26. The Bertz CT molecular complexity index is 1560. The highest BCUT2D eigenvalue weighted by atomic mass is 32.1. The number of anilines is 2. The van der Waals surface area contributed by atoms with Gasteiger partial charge in [0.1, 0.15) is 5.82 Å². The van der Waals surface area contributed by atoms with Gasteiger partial charge in [0.2, 0.25) is 0 Å². The number of nitriles is 1. The fourth-order valence-corrected chi connectivity index (χ4v) is 5.98. The molecule has 1 saturated heterocycles. The monoisotopic (exact) mass is 561 g/mol. The summed E-state index contributed by atoms with van der Waals surface area (Å²) in [6.07, 6.45) is 2.80. The Morgan fingerprint density at radius 2 is 1.93 bits per heavy atom. The topological polar surface area (TPSA) is 82.6 Å². The minimum atomic E-state index is -0.436. The normalized spacial score (nSPS) is 15.1. The summed E-state index contributed by atoms with van der Waals surface area (Å²) in [5.74, 6) is 0.822. The van der Waals surface area contributed by atoms with Crippen LogP contribution in [0.25, 0.3) is 16.9 Å². The zero-order valence-corrected chi connectivity index (χ0v) is 24.8. The molecule has 3 aromatic heterocycles. The summed E-state index contributed by atoms with van der Waals surface area (Å²) in [4.78, 5) is 15.1. The third-order valence-corrected chi connectivity index (χ3v) is 8.36. The molecule has 0 atom stereocenters. The summed E-state index contributed by atoms with van der Waals surface area (Å²) in [7, 11) is 1.97. The number of hydrogen-bond acceptors (Lipinski definition) is 8. The van der Waals surface area contributed by atoms with Gasteiger partial charge in [0, 0.05) is 36.5 Å². The maximum atomic E-state index is 13.8. The Morgan fingerprint density at radius 3 is 2.60 bits per heavy atom. The molecule has 1 aromatic carbocycles. The first-order valence-electron chi connectivity index (χ1n) is 13.7. The van der Waals surface area contributed by atoms with Crippen molar-refractivity contribution >= 4 is 27.9 Å². The van der Waals surface area contributed by atoms with Gasteiger partial charge >= 0.3 is 0 Å². The van der Waals surface area contributed by atoms with Crippen LogP contribution >= 0.6 is 11.3 Å². The Hall–Kier alpha value is -3.39. The second kappa shape index (κ2) is 11.2. The van der Waals surface area contributed by atoms with Crippen LogP contribution in [-0.4, -0.2) is 57.0 Å². The first kappa shape index (κ1) is 28.1. The van der Waals surface area contributed by atoms with Crippen LogP contribution in [0.3, 0.4) is 0 Å². The van der Waals surface area contributed by atoms with Gasteiger partial charge < -0.3 is 9.64 Å². The first-order chi connectivity index (χ1) is 19.1. The molecule has 0 aliphatic carbocycles. The van der Waals surface area contributed by atoms with Crippen LogP contribution in [0.1, 0.15) is 68.3 Å². The van der Waals surface area contributed by atoms with Gasteiger partial charge in [-0.15, -0.1) is 11.3 Å². The van der Waals surface area contributed by atoms with E-state index in [0.29, 0.717) is 23.9 Å². The van der Waals surface area contributed by atoms with Crippen LogP contribution < -0.4 is 4.90 Å². The fraction of sp³-hybridized carbons (Fsp3) is 0.467. The molecule has 1 aliphatic rings. The third-order valence-electron chi connectivity index (χ3n) is 7.31. The Morgan fingerprint density at radius 1 is 1.18 bits per heavy atom. The number of hydrogen-bond donors (Lipinski definition) is 0. The van der Waals surface area contributed by atoms with E-state index in [-0.39, 0.29) is 11.2 Å². The van der Waals surface area contributed by atoms with Crippen molar-refractivity contribution in [2.75, 3.05) is 31.8 Å². The van der Waals surface area contributed by atoms with Crippen LogP contribution in [0.4, 0.5) is 15.3 Å². The van der Waals surface area contributed by atoms with E-state index in [1.165, 1.54) is 23.5 Å². The number of imidazole rings is 1. The number of aromatic nitrogens is 4. The maximum Gasteiger partial charge on any atom is 0.191 e. The summed E-state index contributed by atoms with van der Waals surface area (Å²) in [5.41, 5.74) is 4.26. The second-order valence-electron chi connectivity index (χ2n) is 11.3. The van der Waals surface area contributed by atoms with E-state index in [4.69, 9.17) is 19.8 Å². The second-order valence-corrected chi connectivity index (χ2v) is 12.5. The number of likely N-dealkylation sites (tertiary alicyclic amines) is 1. The van der Waals surface area contributed by atoms with Gasteiger partial charge in [-0.2, -0.15) is 14.9 Å². The molecule has 4 aromatic rings. The van der Waals surface area contributed by atoms with Gasteiger partial charge in [0.15, 0.2) is 16.6 Å².